The van der Waals surface area contributed by atoms with Crippen LogP contribution in [0, 0.1) is 11.8 Å². The number of aliphatic hydroxyl groups is 1. The largest absolute Gasteiger partial charge is 0.384 e. The molecule has 1 saturated heterocycles. The van der Waals surface area contributed by atoms with Crippen LogP contribution in [-0.2, 0) is 11.3 Å². The van der Waals surface area contributed by atoms with Crippen molar-refractivity contribution in [2.75, 3.05) is 26.3 Å². The molecule has 1 aliphatic rings. The molecule has 0 saturated carbocycles. The second-order valence-corrected chi connectivity index (χ2v) is 5.39. The predicted molar refractivity (Wildman–Crippen MR) is 73.6 cm³/mol. The Labute approximate surface area is 112 Å². The summed E-state index contributed by atoms with van der Waals surface area (Å²) in [5.74, 6) is 5.62. The summed E-state index contributed by atoms with van der Waals surface area (Å²) in [6.45, 7) is 5.93. The van der Waals surface area contributed by atoms with Gasteiger partial charge in [0.1, 0.15) is 6.61 Å². The number of ether oxygens (including phenoxy) is 1. The van der Waals surface area contributed by atoms with Crippen LogP contribution >= 0.6 is 11.3 Å². The molecule has 1 atom stereocenters. The molecule has 0 amide bonds. The normalized spacial score (nSPS) is 20.4. The third-order valence-corrected chi connectivity index (χ3v) is 3.94. The molecule has 0 bridgehead atoms. The number of aliphatic hydroxyl groups excluding tert-OH is 1. The fraction of sp³-hybridized carbons (Fsp3) is 0.571. The Morgan fingerprint density at radius 1 is 1.61 bits per heavy atom. The molecular formula is C14H19NO2S. The molecule has 98 valence electrons. The highest BCUT2D eigenvalue weighted by Crippen LogP contribution is 2.18. The number of hydrogen-bond donors (Lipinski definition) is 1. The van der Waals surface area contributed by atoms with Crippen LogP contribution in [-0.4, -0.2) is 42.4 Å². The van der Waals surface area contributed by atoms with E-state index in [0.29, 0.717) is 6.10 Å². The van der Waals surface area contributed by atoms with Crippen LogP contribution in [0.25, 0.3) is 0 Å². The van der Waals surface area contributed by atoms with E-state index in [2.05, 4.69) is 35.1 Å². The van der Waals surface area contributed by atoms with Crippen molar-refractivity contribution in [3.8, 4) is 11.8 Å². The Kier molecular flexibility index (Phi) is 5.21. The summed E-state index contributed by atoms with van der Waals surface area (Å²) < 4.78 is 5.66. The molecule has 2 rings (SSSR count). The first-order valence-electron chi connectivity index (χ1n) is 6.33. The molecule has 1 unspecified atom stereocenters. The highest BCUT2D eigenvalue weighted by Gasteiger charge is 2.19. The first-order valence-corrected chi connectivity index (χ1v) is 7.21. The molecule has 4 heteroatoms. The minimum absolute atomic E-state index is 0.0766. The number of morpholine rings is 1. The third kappa shape index (κ3) is 3.82. The van der Waals surface area contributed by atoms with Gasteiger partial charge in [-0.2, -0.15) is 0 Å². The van der Waals surface area contributed by atoms with Gasteiger partial charge >= 0.3 is 0 Å². The summed E-state index contributed by atoms with van der Waals surface area (Å²) in [4.78, 5) is 3.77. The zero-order valence-electron chi connectivity index (χ0n) is 10.7. The molecule has 1 aliphatic heterocycles. The van der Waals surface area contributed by atoms with Gasteiger partial charge in [-0.15, -0.1) is 11.3 Å². The van der Waals surface area contributed by atoms with Crippen molar-refractivity contribution >= 4 is 11.3 Å². The molecule has 1 N–H and O–H groups in total. The van der Waals surface area contributed by atoms with E-state index >= 15 is 0 Å². The summed E-state index contributed by atoms with van der Waals surface area (Å²) in [5, 5.41) is 10.7. The lowest BCUT2D eigenvalue weighted by atomic mass is 10.2. The van der Waals surface area contributed by atoms with Crippen molar-refractivity contribution in [3.05, 3.63) is 21.9 Å². The monoisotopic (exact) mass is 265 g/mol. The lowest BCUT2D eigenvalue weighted by Crippen LogP contribution is -2.41. The number of thiophene rings is 1. The zero-order valence-corrected chi connectivity index (χ0v) is 11.5. The van der Waals surface area contributed by atoms with Gasteiger partial charge in [0.05, 0.1) is 12.7 Å². The van der Waals surface area contributed by atoms with Gasteiger partial charge in [-0.25, -0.2) is 0 Å². The minimum Gasteiger partial charge on any atom is -0.384 e. The molecule has 0 radical (unpaired) electrons. The quantitative estimate of drug-likeness (QED) is 0.844. The average molecular weight is 265 g/mol. The molecule has 1 aromatic rings. The summed E-state index contributed by atoms with van der Waals surface area (Å²) in [6.07, 6.45) is 1.46. The van der Waals surface area contributed by atoms with E-state index in [1.165, 1.54) is 4.88 Å². The number of nitrogens with zero attached hydrogens (tertiary/aromatic N) is 1. The summed E-state index contributed by atoms with van der Waals surface area (Å²) in [5.41, 5.74) is 1.00. The van der Waals surface area contributed by atoms with Crippen molar-refractivity contribution in [3.63, 3.8) is 0 Å². The molecule has 3 nitrogen and oxygen atoms in total. The first kappa shape index (κ1) is 13.6. The molecule has 18 heavy (non-hydrogen) atoms. The maximum atomic E-state index is 8.66. The summed E-state index contributed by atoms with van der Waals surface area (Å²) in [7, 11) is 0. The van der Waals surface area contributed by atoms with Crippen LogP contribution in [0.2, 0.25) is 0 Å². The van der Waals surface area contributed by atoms with E-state index < -0.39 is 0 Å². The van der Waals surface area contributed by atoms with Gasteiger partial charge in [-0.05, 0) is 12.5 Å². The van der Waals surface area contributed by atoms with Crippen molar-refractivity contribution in [2.45, 2.75) is 26.0 Å². The Balaban J connectivity index is 1.90. The first-order chi connectivity index (χ1) is 8.81. The minimum atomic E-state index is -0.0766. The van der Waals surface area contributed by atoms with Gasteiger partial charge in [-0.3, -0.25) is 4.90 Å². The number of hydrogen-bond acceptors (Lipinski definition) is 4. The fourth-order valence-electron chi connectivity index (χ4n) is 2.06. The molecule has 1 fully saturated rings. The summed E-state index contributed by atoms with van der Waals surface area (Å²) in [6, 6.07) is 2.11. The van der Waals surface area contributed by atoms with Crippen molar-refractivity contribution < 1.29 is 9.84 Å². The van der Waals surface area contributed by atoms with Crippen molar-refractivity contribution in [2.24, 2.45) is 0 Å². The second-order valence-electron chi connectivity index (χ2n) is 4.40. The van der Waals surface area contributed by atoms with E-state index in [1.54, 1.807) is 11.3 Å². The number of rotatable bonds is 3. The maximum absolute atomic E-state index is 8.66. The van der Waals surface area contributed by atoms with Gasteiger partial charge in [-0.1, -0.05) is 18.8 Å². The zero-order chi connectivity index (χ0) is 12.8. The molecular weight excluding hydrogens is 246 g/mol. The van der Waals surface area contributed by atoms with E-state index in [9.17, 15) is 0 Å². The standard InChI is InChI=1S/C14H19NO2S/c1-2-13-9-15(5-7-17-13)10-14-8-12(11-18-14)4-3-6-16/h8,11,13,16H,2,5-7,9-10H2,1H3. The Morgan fingerprint density at radius 2 is 2.50 bits per heavy atom. The average Bonchev–Trinajstić information content (AvgIpc) is 2.84. The Morgan fingerprint density at radius 3 is 3.28 bits per heavy atom. The van der Waals surface area contributed by atoms with Crippen molar-refractivity contribution in [1.82, 2.24) is 4.90 Å². The SMILES string of the molecule is CCC1CN(Cc2cc(C#CCO)cs2)CCO1. The predicted octanol–water partition coefficient (Wildman–Crippen LogP) is 1.70. The van der Waals surface area contributed by atoms with Crippen LogP contribution in [0.5, 0.6) is 0 Å². The van der Waals surface area contributed by atoms with E-state index in [-0.39, 0.29) is 6.61 Å². The van der Waals surface area contributed by atoms with E-state index in [0.717, 1.165) is 38.2 Å². The fourth-order valence-corrected chi connectivity index (χ4v) is 2.92. The Hall–Kier alpha value is -0.860. The maximum Gasteiger partial charge on any atom is 0.104 e. The topological polar surface area (TPSA) is 32.7 Å². The van der Waals surface area contributed by atoms with Crippen molar-refractivity contribution in [1.29, 1.82) is 0 Å². The third-order valence-electron chi connectivity index (χ3n) is 3.02. The lowest BCUT2D eigenvalue weighted by molar-refractivity contribution is -0.0321. The lowest BCUT2D eigenvalue weighted by Gasteiger charge is -2.32. The Bertz CT molecular complexity index is 432. The molecule has 0 aromatic carbocycles. The molecule has 0 aliphatic carbocycles. The van der Waals surface area contributed by atoms with Gasteiger partial charge in [0.25, 0.3) is 0 Å². The summed E-state index contributed by atoms with van der Waals surface area (Å²) >= 11 is 1.74. The smallest absolute Gasteiger partial charge is 0.104 e. The van der Waals surface area contributed by atoms with Crippen LogP contribution in [0.4, 0.5) is 0 Å². The molecule has 1 aromatic heterocycles. The van der Waals surface area contributed by atoms with Gasteiger partial charge in [0.15, 0.2) is 0 Å². The molecule has 2 heterocycles. The van der Waals surface area contributed by atoms with Crippen LogP contribution < -0.4 is 0 Å². The highest BCUT2D eigenvalue weighted by atomic mass is 32.1. The second kappa shape index (κ2) is 6.91. The van der Waals surface area contributed by atoms with Crippen LogP contribution in [0.3, 0.4) is 0 Å². The van der Waals surface area contributed by atoms with E-state index in [4.69, 9.17) is 9.84 Å². The highest BCUT2D eigenvalue weighted by molar-refractivity contribution is 7.10. The van der Waals surface area contributed by atoms with E-state index in [1.807, 2.05) is 0 Å². The van der Waals surface area contributed by atoms with Crippen LogP contribution in [0.15, 0.2) is 11.4 Å². The van der Waals surface area contributed by atoms with Gasteiger partial charge in [0.2, 0.25) is 0 Å². The van der Waals surface area contributed by atoms with Crippen LogP contribution in [0.1, 0.15) is 23.8 Å². The van der Waals surface area contributed by atoms with Gasteiger partial charge < -0.3 is 9.84 Å². The van der Waals surface area contributed by atoms with Gasteiger partial charge in [0, 0.05) is 35.5 Å². The molecule has 0 spiro atoms.